The molecule has 7 heteroatoms. The highest BCUT2D eigenvalue weighted by molar-refractivity contribution is 5.94. The Morgan fingerprint density at radius 2 is 1.91 bits per heavy atom. The van der Waals surface area contributed by atoms with E-state index >= 15 is 0 Å². The normalized spacial score (nSPS) is 19.7. The van der Waals surface area contributed by atoms with Gasteiger partial charge in [-0.05, 0) is 56.5 Å². The molecule has 7 nitrogen and oxygen atoms in total. The Morgan fingerprint density at radius 1 is 1.12 bits per heavy atom. The van der Waals surface area contributed by atoms with Gasteiger partial charge in [-0.15, -0.1) is 0 Å². The van der Waals surface area contributed by atoms with Crippen LogP contribution in [0, 0.1) is 5.41 Å². The van der Waals surface area contributed by atoms with Crippen LogP contribution < -0.4 is 14.2 Å². The molecule has 1 aliphatic heterocycles. The van der Waals surface area contributed by atoms with Gasteiger partial charge in [0.25, 0.3) is 0 Å². The monoisotopic (exact) mass is 446 g/mol. The van der Waals surface area contributed by atoms with E-state index in [-0.39, 0.29) is 30.8 Å². The summed E-state index contributed by atoms with van der Waals surface area (Å²) in [5.74, 6) is -1.81. The fourth-order valence-corrected chi connectivity index (χ4v) is 3.95. The van der Waals surface area contributed by atoms with E-state index in [9.17, 15) is 9.59 Å². The van der Waals surface area contributed by atoms with Crippen molar-refractivity contribution in [1.82, 2.24) is 0 Å². The van der Waals surface area contributed by atoms with Gasteiger partial charge in [0, 0.05) is 11.1 Å². The number of methoxy groups -OCH3 is 2. The predicted octanol–water partition coefficient (Wildman–Crippen LogP) is 4.54. The standard InChI is InChI=1S/C25H28O7/c1-15(2)32-24(27)25(10-5-11-25)14-31-21-18(8-9-20(28-3)22(21)29-4)16-6-7-19-17(12-16)13-30-23(19)26/h6-9,12,15H,5,10-11,13-14H2,1-4H3/i3D3,4D3. The SMILES string of the molecule is [2H]C([2H])([2H])Oc1ccc(-c2ccc3c(c2)COC3=O)c(OCC2(C(=O)OC(C)C)CCC2)c1OC([2H])([2H])[2H]. The molecular weight excluding hydrogens is 412 g/mol. The molecule has 0 radical (unpaired) electrons. The van der Waals surface area contributed by atoms with Gasteiger partial charge in [-0.3, -0.25) is 4.79 Å². The molecule has 0 atom stereocenters. The first-order valence-electron chi connectivity index (χ1n) is 13.4. The van der Waals surface area contributed by atoms with Crippen LogP contribution in [0.1, 0.15) is 57.3 Å². The van der Waals surface area contributed by atoms with Gasteiger partial charge in [0.2, 0.25) is 5.75 Å². The summed E-state index contributed by atoms with van der Waals surface area (Å²) in [5.41, 5.74) is 0.951. The Hall–Kier alpha value is -3.22. The first-order valence-corrected chi connectivity index (χ1v) is 10.4. The van der Waals surface area contributed by atoms with Crippen LogP contribution in [0.15, 0.2) is 30.3 Å². The third-order valence-corrected chi connectivity index (χ3v) is 5.86. The summed E-state index contributed by atoms with van der Waals surface area (Å²) in [6.45, 7) is 3.39. The van der Waals surface area contributed by atoms with Crippen molar-refractivity contribution in [3.05, 3.63) is 41.5 Å². The molecule has 1 fully saturated rings. The van der Waals surface area contributed by atoms with E-state index in [0.717, 1.165) is 6.42 Å². The number of carbonyl (C=O) groups excluding carboxylic acids is 2. The number of fused-ring (bicyclic) bond motifs is 1. The second-order valence-corrected chi connectivity index (χ2v) is 8.30. The third kappa shape index (κ3) is 3.87. The lowest BCUT2D eigenvalue weighted by atomic mass is 9.69. The maximum atomic E-state index is 12.9. The first kappa shape index (κ1) is 15.6. The molecule has 1 heterocycles. The number of cyclic esters (lactones) is 1. The molecule has 0 bridgehead atoms. The topological polar surface area (TPSA) is 80.3 Å². The summed E-state index contributed by atoms with van der Waals surface area (Å²) >= 11 is 0. The van der Waals surface area contributed by atoms with E-state index < -0.39 is 37.2 Å². The van der Waals surface area contributed by atoms with Crippen molar-refractivity contribution < 1.29 is 41.5 Å². The van der Waals surface area contributed by atoms with Gasteiger partial charge in [0.1, 0.15) is 18.6 Å². The molecule has 32 heavy (non-hydrogen) atoms. The highest BCUT2D eigenvalue weighted by atomic mass is 16.6. The molecule has 4 rings (SSSR count). The van der Waals surface area contributed by atoms with Gasteiger partial charge in [0.05, 0.1) is 34.0 Å². The van der Waals surface area contributed by atoms with Crippen LogP contribution in [0.2, 0.25) is 0 Å². The van der Waals surface area contributed by atoms with Crippen molar-refractivity contribution in [2.75, 3.05) is 20.7 Å². The number of hydrogen-bond acceptors (Lipinski definition) is 7. The molecule has 1 saturated carbocycles. The van der Waals surface area contributed by atoms with Crippen LogP contribution in [-0.2, 0) is 20.9 Å². The minimum Gasteiger partial charge on any atom is -0.493 e. The number of esters is 2. The maximum absolute atomic E-state index is 12.9. The number of benzene rings is 2. The van der Waals surface area contributed by atoms with Crippen molar-refractivity contribution in [3.8, 4) is 28.4 Å². The van der Waals surface area contributed by atoms with Crippen LogP contribution in [0.5, 0.6) is 17.2 Å². The van der Waals surface area contributed by atoms with E-state index in [0.29, 0.717) is 35.1 Å². The maximum Gasteiger partial charge on any atom is 0.338 e. The Labute approximate surface area is 196 Å². The average molecular weight is 447 g/mol. The zero-order chi connectivity index (χ0) is 27.9. The van der Waals surface area contributed by atoms with Crippen LogP contribution in [0.4, 0.5) is 0 Å². The summed E-state index contributed by atoms with van der Waals surface area (Å²) in [5, 5.41) is 0. The molecule has 170 valence electrons. The summed E-state index contributed by atoms with van der Waals surface area (Å²) < 4.78 is 72.5. The van der Waals surface area contributed by atoms with Gasteiger partial charge in [-0.2, -0.15) is 0 Å². The van der Waals surface area contributed by atoms with Gasteiger partial charge < -0.3 is 23.7 Å². The first-order chi connectivity index (χ1) is 17.7. The van der Waals surface area contributed by atoms with Crippen LogP contribution in [-0.4, -0.2) is 38.7 Å². The second kappa shape index (κ2) is 8.73. The Bertz CT molecular complexity index is 1230. The van der Waals surface area contributed by atoms with E-state index in [2.05, 4.69) is 0 Å². The fraction of sp³-hybridized carbons (Fsp3) is 0.440. The van der Waals surface area contributed by atoms with E-state index in [4.69, 9.17) is 31.9 Å². The molecule has 0 unspecified atom stereocenters. The highest BCUT2D eigenvalue weighted by Crippen LogP contribution is 2.48. The Balaban J connectivity index is 1.82. The van der Waals surface area contributed by atoms with E-state index in [1.807, 2.05) is 0 Å². The average Bonchev–Trinajstić information content (AvgIpc) is 3.12. The van der Waals surface area contributed by atoms with Crippen molar-refractivity contribution in [1.29, 1.82) is 0 Å². The molecule has 2 aliphatic rings. The molecule has 1 aliphatic carbocycles. The fourth-order valence-electron chi connectivity index (χ4n) is 3.95. The van der Waals surface area contributed by atoms with Crippen LogP contribution >= 0.6 is 0 Å². The van der Waals surface area contributed by atoms with Gasteiger partial charge in [0.15, 0.2) is 11.5 Å². The number of rotatable bonds is 8. The summed E-state index contributed by atoms with van der Waals surface area (Å²) in [6, 6.07) is 7.67. The lowest BCUT2D eigenvalue weighted by molar-refractivity contribution is -0.168. The van der Waals surface area contributed by atoms with Crippen molar-refractivity contribution in [2.24, 2.45) is 5.41 Å². The Kier molecular flexibility index (Phi) is 4.24. The molecule has 0 aromatic heterocycles. The predicted molar refractivity (Wildman–Crippen MR) is 117 cm³/mol. The zero-order valence-electron chi connectivity index (χ0n) is 23.9. The van der Waals surface area contributed by atoms with Crippen LogP contribution in [0.25, 0.3) is 11.1 Å². The quantitative estimate of drug-likeness (QED) is 0.551. The van der Waals surface area contributed by atoms with Crippen molar-refractivity contribution >= 4 is 11.9 Å². The summed E-state index contributed by atoms with van der Waals surface area (Å²) in [6.07, 6.45) is 1.46. The smallest absolute Gasteiger partial charge is 0.338 e. The molecule has 0 spiro atoms. The van der Waals surface area contributed by atoms with Gasteiger partial charge in [-0.1, -0.05) is 12.5 Å². The molecule has 0 saturated heterocycles. The van der Waals surface area contributed by atoms with Gasteiger partial charge in [-0.25, -0.2) is 4.79 Å². The largest absolute Gasteiger partial charge is 0.493 e. The molecular formula is C25H28O7. The van der Waals surface area contributed by atoms with Crippen molar-refractivity contribution in [2.45, 2.75) is 45.8 Å². The minimum atomic E-state index is -2.98. The van der Waals surface area contributed by atoms with Crippen molar-refractivity contribution in [3.63, 3.8) is 0 Å². The lowest BCUT2D eigenvalue weighted by Crippen LogP contribution is -2.45. The highest BCUT2D eigenvalue weighted by Gasteiger charge is 2.47. The van der Waals surface area contributed by atoms with E-state index in [1.165, 1.54) is 12.1 Å². The molecule has 0 N–H and O–H groups in total. The number of hydrogen-bond donors (Lipinski definition) is 0. The molecule has 2 aromatic rings. The zero-order valence-corrected chi connectivity index (χ0v) is 17.9. The summed E-state index contributed by atoms with van der Waals surface area (Å²) in [4.78, 5) is 24.8. The van der Waals surface area contributed by atoms with Gasteiger partial charge >= 0.3 is 11.9 Å². The number of carbonyl (C=O) groups is 2. The minimum absolute atomic E-state index is 0.0707. The lowest BCUT2D eigenvalue weighted by Gasteiger charge is -2.39. The van der Waals surface area contributed by atoms with Crippen LogP contribution in [0.3, 0.4) is 0 Å². The number of ether oxygens (including phenoxy) is 5. The Morgan fingerprint density at radius 3 is 2.59 bits per heavy atom. The molecule has 2 aromatic carbocycles. The summed E-state index contributed by atoms with van der Waals surface area (Å²) in [7, 11) is -5.89. The van der Waals surface area contributed by atoms with E-state index in [1.54, 1.807) is 32.0 Å². The second-order valence-electron chi connectivity index (χ2n) is 8.30. The third-order valence-electron chi connectivity index (χ3n) is 5.86. The molecule has 0 amide bonds.